The van der Waals surface area contributed by atoms with Gasteiger partial charge in [-0.2, -0.15) is 0 Å². The van der Waals surface area contributed by atoms with Crippen LogP contribution in [-0.4, -0.2) is 34.9 Å². The van der Waals surface area contributed by atoms with Gasteiger partial charge in [-0.25, -0.2) is 4.98 Å². The third kappa shape index (κ3) is 4.36. The number of hydrogen-bond donors (Lipinski definition) is 1. The lowest BCUT2D eigenvalue weighted by Gasteiger charge is -2.36. The Kier molecular flexibility index (Phi) is 5.62. The molecule has 0 unspecified atom stereocenters. The van der Waals surface area contributed by atoms with Gasteiger partial charge >= 0.3 is 0 Å². The number of nitrogens with zero attached hydrogens (tertiary/aromatic N) is 2. The quantitative estimate of drug-likeness (QED) is 0.835. The van der Waals surface area contributed by atoms with Gasteiger partial charge in [-0.05, 0) is 55.0 Å². The lowest BCUT2D eigenvalue weighted by atomic mass is 9.91. The molecule has 5 heteroatoms. The molecule has 5 nitrogen and oxygen atoms in total. The normalized spacial score (nSPS) is 17.5. The van der Waals surface area contributed by atoms with E-state index in [0.29, 0.717) is 11.6 Å². The van der Waals surface area contributed by atoms with Crippen molar-refractivity contribution in [2.75, 3.05) is 18.4 Å². The first-order chi connectivity index (χ1) is 13.6. The molecule has 4 rings (SSSR count). The van der Waals surface area contributed by atoms with E-state index in [2.05, 4.69) is 27.3 Å². The average molecular weight is 380 g/mol. The zero-order valence-corrected chi connectivity index (χ0v) is 16.8. The van der Waals surface area contributed by atoms with Crippen molar-refractivity contribution in [1.29, 1.82) is 0 Å². The molecule has 0 saturated heterocycles. The van der Waals surface area contributed by atoms with Crippen molar-refractivity contribution in [3.05, 3.63) is 47.7 Å². The molecule has 28 heavy (non-hydrogen) atoms. The monoisotopic (exact) mass is 379 g/mol. The summed E-state index contributed by atoms with van der Waals surface area (Å²) in [6.45, 7) is 6.04. The van der Waals surface area contributed by atoms with Crippen molar-refractivity contribution in [1.82, 2.24) is 9.88 Å². The fourth-order valence-electron chi connectivity index (χ4n) is 3.82. The minimum Gasteiger partial charge on any atom is -0.439 e. The second-order valence-electron chi connectivity index (χ2n) is 8.18. The molecule has 1 aromatic carbocycles. The van der Waals surface area contributed by atoms with Gasteiger partial charge < -0.3 is 10.1 Å². The van der Waals surface area contributed by atoms with Crippen LogP contribution in [0.4, 0.5) is 5.69 Å². The highest BCUT2D eigenvalue weighted by Gasteiger charge is 2.26. The van der Waals surface area contributed by atoms with Gasteiger partial charge in [0.05, 0.1) is 11.9 Å². The van der Waals surface area contributed by atoms with E-state index in [1.807, 2.05) is 26.0 Å². The Morgan fingerprint density at radius 2 is 1.93 bits per heavy atom. The summed E-state index contributed by atoms with van der Waals surface area (Å²) in [6.07, 6.45) is 7.95. The molecule has 1 saturated carbocycles. The maximum Gasteiger partial charge on any atom is 0.226 e. The number of pyridine rings is 1. The van der Waals surface area contributed by atoms with Crippen LogP contribution in [0.3, 0.4) is 0 Å². The van der Waals surface area contributed by atoms with Crippen molar-refractivity contribution in [3.8, 4) is 11.6 Å². The van der Waals surface area contributed by atoms with E-state index in [9.17, 15) is 4.79 Å². The first-order valence-electron chi connectivity index (χ1n) is 10.4. The molecule has 1 fully saturated rings. The third-order valence-corrected chi connectivity index (χ3v) is 5.86. The third-order valence-electron chi connectivity index (χ3n) is 5.86. The van der Waals surface area contributed by atoms with E-state index in [0.717, 1.165) is 31.2 Å². The van der Waals surface area contributed by atoms with Gasteiger partial charge in [0.1, 0.15) is 5.75 Å². The summed E-state index contributed by atoms with van der Waals surface area (Å²) in [6, 6.07) is 10.8. The molecule has 1 aliphatic heterocycles. The summed E-state index contributed by atoms with van der Waals surface area (Å²) in [5, 5.41) is 2.84. The van der Waals surface area contributed by atoms with Crippen LogP contribution in [0, 0.1) is 5.92 Å². The van der Waals surface area contributed by atoms with Gasteiger partial charge in [-0.15, -0.1) is 0 Å². The number of hydrogen-bond acceptors (Lipinski definition) is 4. The van der Waals surface area contributed by atoms with Crippen molar-refractivity contribution in [2.45, 2.75) is 52.0 Å². The van der Waals surface area contributed by atoms with Gasteiger partial charge in [0.25, 0.3) is 0 Å². The molecule has 1 amide bonds. The van der Waals surface area contributed by atoms with E-state index in [1.54, 1.807) is 12.3 Å². The van der Waals surface area contributed by atoms with Gasteiger partial charge in [0.15, 0.2) is 0 Å². The highest BCUT2D eigenvalue weighted by molar-refractivity contribution is 5.91. The second kappa shape index (κ2) is 8.31. The summed E-state index contributed by atoms with van der Waals surface area (Å²) in [7, 11) is 0. The SMILES string of the molecule is CC(C)C(=O)Nc1ccc(Oc2ccc3c(c2)CCN(C2CCC2)CC3)nc1. The molecular formula is C23H29N3O2. The van der Waals surface area contributed by atoms with Crippen LogP contribution in [0.25, 0.3) is 0 Å². The number of benzene rings is 1. The van der Waals surface area contributed by atoms with E-state index >= 15 is 0 Å². The molecule has 0 radical (unpaired) electrons. The molecule has 1 N–H and O–H groups in total. The van der Waals surface area contributed by atoms with Crippen molar-refractivity contribution in [2.24, 2.45) is 5.92 Å². The molecule has 0 atom stereocenters. The Labute approximate surface area is 167 Å². The second-order valence-corrected chi connectivity index (χ2v) is 8.18. The number of nitrogens with one attached hydrogen (secondary N) is 1. The van der Waals surface area contributed by atoms with E-state index < -0.39 is 0 Å². The predicted octanol–water partition coefficient (Wildman–Crippen LogP) is 4.42. The minimum atomic E-state index is -0.0595. The fourth-order valence-corrected chi connectivity index (χ4v) is 3.82. The van der Waals surface area contributed by atoms with Crippen LogP contribution in [0.2, 0.25) is 0 Å². The number of carbonyl (C=O) groups excluding carboxylic acids is 1. The molecule has 1 aromatic heterocycles. The summed E-state index contributed by atoms with van der Waals surface area (Å²) in [5.74, 6) is 1.28. The Bertz CT molecular complexity index is 828. The maximum atomic E-state index is 11.8. The molecule has 0 spiro atoms. The largest absolute Gasteiger partial charge is 0.439 e. The van der Waals surface area contributed by atoms with E-state index in [1.165, 1.54) is 36.9 Å². The van der Waals surface area contributed by atoms with Gasteiger partial charge in [-0.3, -0.25) is 9.69 Å². The van der Waals surface area contributed by atoms with Crippen LogP contribution < -0.4 is 10.1 Å². The fraction of sp³-hybridized carbons (Fsp3) is 0.478. The standard InChI is InChI=1S/C23H29N3O2/c1-16(2)23(27)25-19-7-9-22(24-15-19)28-21-8-6-17-10-12-26(20-4-3-5-20)13-11-18(17)14-21/h6-9,14-16,20H,3-5,10-13H2,1-2H3,(H,25,27). The first kappa shape index (κ1) is 18.9. The Balaban J connectivity index is 1.39. The molecule has 148 valence electrons. The number of ether oxygens (including phenoxy) is 1. The summed E-state index contributed by atoms with van der Waals surface area (Å²) in [5.41, 5.74) is 3.51. The number of rotatable bonds is 5. The van der Waals surface area contributed by atoms with Crippen LogP contribution in [0.15, 0.2) is 36.5 Å². The van der Waals surface area contributed by atoms with Crippen LogP contribution in [0.1, 0.15) is 44.2 Å². The molecule has 2 aromatic rings. The number of fused-ring (bicyclic) bond motifs is 1. The van der Waals surface area contributed by atoms with E-state index in [-0.39, 0.29) is 11.8 Å². The molecule has 1 aliphatic carbocycles. The first-order valence-corrected chi connectivity index (χ1v) is 10.4. The lowest BCUT2D eigenvalue weighted by molar-refractivity contribution is -0.118. The van der Waals surface area contributed by atoms with Crippen LogP contribution in [-0.2, 0) is 17.6 Å². The lowest BCUT2D eigenvalue weighted by Crippen LogP contribution is -2.41. The molecular weight excluding hydrogens is 350 g/mol. The van der Waals surface area contributed by atoms with Crippen molar-refractivity contribution in [3.63, 3.8) is 0 Å². The predicted molar refractivity (Wildman–Crippen MR) is 111 cm³/mol. The van der Waals surface area contributed by atoms with Crippen molar-refractivity contribution < 1.29 is 9.53 Å². The van der Waals surface area contributed by atoms with Gasteiger partial charge in [0.2, 0.25) is 11.8 Å². The van der Waals surface area contributed by atoms with Gasteiger partial charge in [0, 0.05) is 31.1 Å². The summed E-state index contributed by atoms with van der Waals surface area (Å²) < 4.78 is 5.96. The Hall–Kier alpha value is -2.40. The molecule has 2 aliphatic rings. The molecule has 0 bridgehead atoms. The highest BCUT2D eigenvalue weighted by atomic mass is 16.5. The topological polar surface area (TPSA) is 54.5 Å². The number of carbonyl (C=O) groups is 1. The van der Waals surface area contributed by atoms with Crippen LogP contribution >= 0.6 is 0 Å². The summed E-state index contributed by atoms with van der Waals surface area (Å²) >= 11 is 0. The smallest absolute Gasteiger partial charge is 0.226 e. The Morgan fingerprint density at radius 1 is 1.14 bits per heavy atom. The van der Waals surface area contributed by atoms with E-state index in [4.69, 9.17) is 4.74 Å². The highest BCUT2D eigenvalue weighted by Crippen LogP contribution is 2.29. The maximum absolute atomic E-state index is 11.8. The average Bonchev–Trinajstić information content (AvgIpc) is 2.84. The Morgan fingerprint density at radius 3 is 2.57 bits per heavy atom. The zero-order valence-electron chi connectivity index (χ0n) is 16.8. The van der Waals surface area contributed by atoms with Crippen LogP contribution in [0.5, 0.6) is 11.6 Å². The number of anilines is 1. The molecule has 2 heterocycles. The number of aromatic nitrogens is 1. The van der Waals surface area contributed by atoms with Gasteiger partial charge in [-0.1, -0.05) is 26.3 Å². The zero-order chi connectivity index (χ0) is 19.5. The summed E-state index contributed by atoms with van der Waals surface area (Å²) in [4.78, 5) is 18.8. The minimum absolute atomic E-state index is 0.0165. The van der Waals surface area contributed by atoms with Crippen molar-refractivity contribution >= 4 is 11.6 Å². The number of amides is 1.